The maximum Gasteiger partial charge on any atom is 0.254 e. The van der Waals surface area contributed by atoms with E-state index < -0.39 is 0 Å². The van der Waals surface area contributed by atoms with Crippen molar-refractivity contribution in [3.63, 3.8) is 0 Å². The molecule has 2 N–H and O–H groups in total. The van der Waals surface area contributed by atoms with Crippen molar-refractivity contribution in [3.05, 3.63) is 35.4 Å². The van der Waals surface area contributed by atoms with E-state index in [0.717, 1.165) is 25.8 Å². The Morgan fingerprint density at radius 1 is 1.50 bits per heavy atom. The van der Waals surface area contributed by atoms with Gasteiger partial charge in [0.1, 0.15) is 0 Å². The van der Waals surface area contributed by atoms with E-state index in [0.29, 0.717) is 17.7 Å². The minimum Gasteiger partial charge on any atom is -0.334 e. The maximum absolute atomic E-state index is 12.4. The van der Waals surface area contributed by atoms with Gasteiger partial charge in [0.05, 0.1) is 11.6 Å². The van der Waals surface area contributed by atoms with Crippen molar-refractivity contribution < 1.29 is 4.79 Å². The van der Waals surface area contributed by atoms with Crippen LogP contribution >= 0.6 is 0 Å². The van der Waals surface area contributed by atoms with Crippen LogP contribution in [0.25, 0.3) is 0 Å². The Morgan fingerprint density at radius 2 is 2.33 bits per heavy atom. The third-order valence-electron chi connectivity index (χ3n) is 3.40. The maximum atomic E-state index is 12.4. The van der Waals surface area contributed by atoms with Gasteiger partial charge < -0.3 is 10.6 Å². The fourth-order valence-electron chi connectivity index (χ4n) is 2.40. The van der Waals surface area contributed by atoms with Crippen molar-refractivity contribution in [1.29, 1.82) is 5.26 Å². The van der Waals surface area contributed by atoms with Crippen LogP contribution in [0.5, 0.6) is 0 Å². The van der Waals surface area contributed by atoms with Crippen LogP contribution in [0.4, 0.5) is 0 Å². The average Bonchev–Trinajstić information content (AvgIpc) is 2.46. The third-order valence-corrected chi connectivity index (χ3v) is 3.40. The Kier molecular flexibility index (Phi) is 3.96. The molecule has 1 aromatic carbocycles. The molecule has 1 fully saturated rings. The van der Waals surface area contributed by atoms with Crippen LogP contribution in [0.3, 0.4) is 0 Å². The summed E-state index contributed by atoms with van der Waals surface area (Å²) in [5, 5.41) is 8.86. The largest absolute Gasteiger partial charge is 0.334 e. The standard InChI is InChI=1S/C14H17N3O/c15-9-11-4-3-5-12(8-11)14(18)17-7-2-1-6-13(17)10-16/h3-5,8,13H,1-2,6-7,10,16H2. The molecule has 0 saturated carbocycles. The summed E-state index contributed by atoms with van der Waals surface area (Å²) in [4.78, 5) is 14.2. The lowest BCUT2D eigenvalue weighted by molar-refractivity contribution is 0.0623. The second-order valence-electron chi connectivity index (χ2n) is 4.58. The molecule has 0 aromatic heterocycles. The van der Waals surface area contributed by atoms with E-state index in [1.165, 1.54) is 0 Å². The molecular weight excluding hydrogens is 226 g/mol. The van der Waals surface area contributed by atoms with E-state index in [1.54, 1.807) is 24.3 Å². The molecule has 1 heterocycles. The molecule has 1 amide bonds. The van der Waals surface area contributed by atoms with Crippen LogP contribution in [0.1, 0.15) is 35.2 Å². The number of hydrogen-bond acceptors (Lipinski definition) is 3. The van der Waals surface area contributed by atoms with Gasteiger partial charge in [-0.15, -0.1) is 0 Å². The van der Waals surface area contributed by atoms with Crippen LogP contribution in [0.2, 0.25) is 0 Å². The summed E-state index contributed by atoms with van der Waals surface area (Å²) in [6.45, 7) is 1.27. The molecule has 0 bridgehead atoms. The Morgan fingerprint density at radius 3 is 3.06 bits per heavy atom. The number of benzene rings is 1. The van der Waals surface area contributed by atoms with Gasteiger partial charge in [-0.05, 0) is 37.5 Å². The van der Waals surface area contributed by atoms with Crippen LogP contribution < -0.4 is 5.73 Å². The van der Waals surface area contributed by atoms with Gasteiger partial charge in [0.25, 0.3) is 5.91 Å². The first-order valence-corrected chi connectivity index (χ1v) is 6.27. The highest BCUT2D eigenvalue weighted by atomic mass is 16.2. The number of piperidine rings is 1. The average molecular weight is 243 g/mol. The Hall–Kier alpha value is -1.86. The lowest BCUT2D eigenvalue weighted by Crippen LogP contribution is -2.47. The van der Waals surface area contributed by atoms with E-state index in [-0.39, 0.29) is 11.9 Å². The lowest BCUT2D eigenvalue weighted by atomic mass is 10.0. The molecule has 0 radical (unpaired) electrons. The molecule has 1 aliphatic rings. The highest BCUT2D eigenvalue weighted by molar-refractivity contribution is 5.94. The molecule has 1 atom stereocenters. The summed E-state index contributed by atoms with van der Waals surface area (Å²) < 4.78 is 0. The van der Waals surface area contributed by atoms with Crippen molar-refractivity contribution in [2.45, 2.75) is 25.3 Å². The Labute approximate surface area is 107 Å². The molecule has 1 unspecified atom stereocenters. The van der Waals surface area contributed by atoms with E-state index in [4.69, 9.17) is 11.0 Å². The lowest BCUT2D eigenvalue weighted by Gasteiger charge is -2.35. The molecular formula is C14H17N3O. The minimum absolute atomic E-state index is 0.0118. The van der Waals surface area contributed by atoms with E-state index >= 15 is 0 Å². The van der Waals surface area contributed by atoms with Crippen LogP contribution in [0.15, 0.2) is 24.3 Å². The summed E-state index contributed by atoms with van der Waals surface area (Å²) >= 11 is 0. The van der Waals surface area contributed by atoms with E-state index in [2.05, 4.69) is 6.07 Å². The number of carbonyl (C=O) groups is 1. The first-order chi connectivity index (χ1) is 8.76. The molecule has 4 nitrogen and oxygen atoms in total. The number of hydrogen-bond donors (Lipinski definition) is 1. The van der Waals surface area contributed by atoms with Crippen molar-refractivity contribution in [2.24, 2.45) is 5.73 Å². The second kappa shape index (κ2) is 5.65. The second-order valence-corrected chi connectivity index (χ2v) is 4.58. The molecule has 4 heteroatoms. The van der Waals surface area contributed by atoms with Gasteiger partial charge in [0, 0.05) is 24.7 Å². The number of nitriles is 1. The zero-order chi connectivity index (χ0) is 13.0. The van der Waals surface area contributed by atoms with Gasteiger partial charge in [0.2, 0.25) is 0 Å². The monoisotopic (exact) mass is 243 g/mol. The first kappa shape index (κ1) is 12.6. The smallest absolute Gasteiger partial charge is 0.254 e. The number of amides is 1. The van der Waals surface area contributed by atoms with Crippen molar-refractivity contribution in [3.8, 4) is 6.07 Å². The Bertz CT molecular complexity index is 478. The minimum atomic E-state index is -0.0118. The van der Waals surface area contributed by atoms with Gasteiger partial charge >= 0.3 is 0 Å². The quantitative estimate of drug-likeness (QED) is 0.856. The first-order valence-electron chi connectivity index (χ1n) is 6.27. The molecule has 0 aliphatic carbocycles. The normalized spacial score (nSPS) is 19.3. The molecule has 1 aliphatic heterocycles. The third kappa shape index (κ3) is 2.52. The fourth-order valence-corrected chi connectivity index (χ4v) is 2.40. The summed E-state index contributed by atoms with van der Waals surface area (Å²) in [6.07, 6.45) is 3.13. The highest BCUT2D eigenvalue weighted by Gasteiger charge is 2.26. The van der Waals surface area contributed by atoms with Gasteiger partial charge in [-0.3, -0.25) is 4.79 Å². The molecule has 1 saturated heterocycles. The number of rotatable bonds is 2. The molecule has 2 rings (SSSR count). The van der Waals surface area contributed by atoms with Gasteiger partial charge in [-0.25, -0.2) is 0 Å². The van der Waals surface area contributed by atoms with Gasteiger partial charge in [-0.2, -0.15) is 5.26 Å². The van der Waals surface area contributed by atoms with Crippen LogP contribution in [-0.2, 0) is 0 Å². The van der Waals surface area contributed by atoms with Crippen LogP contribution in [0, 0.1) is 11.3 Å². The summed E-state index contributed by atoms with van der Waals surface area (Å²) in [7, 11) is 0. The summed E-state index contributed by atoms with van der Waals surface area (Å²) in [6, 6.07) is 9.03. The number of likely N-dealkylation sites (tertiary alicyclic amines) is 1. The van der Waals surface area contributed by atoms with Crippen molar-refractivity contribution in [1.82, 2.24) is 4.90 Å². The number of carbonyl (C=O) groups excluding carboxylic acids is 1. The van der Waals surface area contributed by atoms with Crippen molar-refractivity contribution >= 4 is 5.91 Å². The molecule has 18 heavy (non-hydrogen) atoms. The zero-order valence-electron chi connectivity index (χ0n) is 10.3. The summed E-state index contributed by atoms with van der Waals surface area (Å²) in [5.41, 5.74) is 6.81. The predicted molar refractivity (Wildman–Crippen MR) is 68.9 cm³/mol. The molecule has 1 aromatic rings. The Balaban J connectivity index is 2.21. The van der Waals surface area contributed by atoms with Crippen LogP contribution in [-0.4, -0.2) is 29.9 Å². The van der Waals surface area contributed by atoms with Gasteiger partial charge in [-0.1, -0.05) is 6.07 Å². The zero-order valence-corrected chi connectivity index (χ0v) is 10.3. The van der Waals surface area contributed by atoms with E-state index in [1.807, 2.05) is 4.90 Å². The SMILES string of the molecule is N#Cc1cccc(C(=O)N2CCCCC2CN)c1. The topological polar surface area (TPSA) is 70.1 Å². The number of nitrogens with zero attached hydrogens (tertiary/aromatic N) is 2. The van der Waals surface area contributed by atoms with E-state index in [9.17, 15) is 4.79 Å². The molecule has 94 valence electrons. The van der Waals surface area contributed by atoms with Crippen molar-refractivity contribution in [2.75, 3.05) is 13.1 Å². The number of nitrogens with two attached hydrogens (primary N) is 1. The molecule has 0 spiro atoms. The summed E-state index contributed by atoms with van der Waals surface area (Å²) in [5.74, 6) is -0.0118. The predicted octanol–water partition coefficient (Wildman–Crippen LogP) is 1.51. The van der Waals surface area contributed by atoms with Gasteiger partial charge in [0.15, 0.2) is 0 Å². The highest BCUT2D eigenvalue weighted by Crippen LogP contribution is 2.19. The fraction of sp³-hybridized carbons (Fsp3) is 0.429.